The van der Waals surface area contributed by atoms with Gasteiger partial charge in [0.1, 0.15) is 0 Å². The highest BCUT2D eigenvalue weighted by molar-refractivity contribution is 5.39. The molecule has 0 amide bonds. The molecule has 0 unspecified atom stereocenters. The molecule has 0 spiro atoms. The first-order valence-corrected chi connectivity index (χ1v) is 11.1. The minimum atomic E-state index is 0.598. The maximum atomic E-state index is 3.42. The maximum Gasteiger partial charge on any atom is 0.0249 e. The van der Waals surface area contributed by atoms with Crippen LogP contribution in [0.4, 0.5) is 0 Å². The van der Waals surface area contributed by atoms with Gasteiger partial charge in [-0.15, -0.1) is 0 Å². The van der Waals surface area contributed by atoms with Gasteiger partial charge in [0.15, 0.2) is 0 Å². The summed E-state index contributed by atoms with van der Waals surface area (Å²) < 4.78 is 0. The zero-order valence-corrected chi connectivity index (χ0v) is 17.4. The Morgan fingerprint density at radius 3 is 2.26 bits per heavy atom. The molecule has 1 aliphatic carbocycles. The first-order valence-electron chi connectivity index (χ1n) is 11.1. The fourth-order valence-electron chi connectivity index (χ4n) is 3.80. The summed E-state index contributed by atoms with van der Waals surface area (Å²) in [5.41, 5.74) is 2.50. The van der Waals surface area contributed by atoms with Crippen molar-refractivity contribution < 1.29 is 0 Å². The highest BCUT2D eigenvalue weighted by Gasteiger charge is 2.18. The Balaban J connectivity index is 1.70. The number of unbranched alkanes of at least 4 members (excludes halogenated alkanes) is 3. The molecule has 0 atom stereocenters. The number of hydrogen-bond acceptors (Lipinski definition) is 0. The predicted octanol–water partition coefficient (Wildman–Crippen LogP) is 7.33. The Labute approximate surface area is 167 Å². The second kappa shape index (κ2) is 13.3. The molecule has 2 rings (SSSR count). The number of allylic oxidation sites excluding steroid dienone is 2. The monoisotopic (exact) mass is 360 g/mol. The fourth-order valence-corrected chi connectivity index (χ4v) is 3.80. The number of rotatable bonds is 7. The lowest BCUT2D eigenvalue weighted by Gasteiger charge is -2.25. The third kappa shape index (κ3) is 9.02. The van der Waals surface area contributed by atoms with Crippen LogP contribution in [-0.2, 0) is 6.42 Å². The van der Waals surface area contributed by atoms with E-state index in [-0.39, 0.29) is 0 Å². The van der Waals surface area contributed by atoms with Gasteiger partial charge in [0.2, 0.25) is 0 Å². The zero-order chi connectivity index (χ0) is 19.2. The minimum absolute atomic E-state index is 0.598. The molecule has 0 saturated heterocycles. The van der Waals surface area contributed by atoms with Crippen LogP contribution >= 0.6 is 0 Å². The lowest BCUT2D eigenvalue weighted by atomic mass is 9.80. The Kier molecular flexibility index (Phi) is 10.5. The Morgan fingerprint density at radius 2 is 1.56 bits per heavy atom. The van der Waals surface area contributed by atoms with Gasteiger partial charge in [-0.1, -0.05) is 81.8 Å². The minimum Gasteiger partial charge on any atom is -0.0951 e. The van der Waals surface area contributed by atoms with Gasteiger partial charge in [-0.05, 0) is 74.3 Å². The summed E-state index contributed by atoms with van der Waals surface area (Å²) >= 11 is 0. The quantitative estimate of drug-likeness (QED) is 0.353. The van der Waals surface area contributed by atoms with Crippen LogP contribution in [0, 0.1) is 35.5 Å². The van der Waals surface area contributed by atoms with Crippen molar-refractivity contribution in [3.63, 3.8) is 0 Å². The molecule has 0 heteroatoms. The largest absolute Gasteiger partial charge is 0.0951 e. The number of benzene rings is 1. The Hall–Kier alpha value is -1.92. The van der Waals surface area contributed by atoms with Crippen molar-refractivity contribution in [2.24, 2.45) is 11.8 Å². The average Bonchev–Trinajstić information content (AvgIpc) is 2.71. The molecule has 1 aliphatic rings. The molecule has 1 aromatic carbocycles. The second-order valence-electron chi connectivity index (χ2n) is 7.91. The molecular weight excluding hydrogens is 324 g/mol. The normalized spacial score (nSPS) is 19.2. The first kappa shape index (κ1) is 21.4. The molecule has 0 radical (unpaired) electrons. The van der Waals surface area contributed by atoms with Gasteiger partial charge in [-0.25, -0.2) is 0 Å². The van der Waals surface area contributed by atoms with Gasteiger partial charge in [0, 0.05) is 11.5 Å². The molecule has 0 N–H and O–H groups in total. The number of aryl methyl sites for hydroxylation is 1. The van der Waals surface area contributed by atoms with Gasteiger partial charge in [0.25, 0.3) is 0 Å². The molecule has 27 heavy (non-hydrogen) atoms. The summed E-state index contributed by atoms with van der Waals surface area (Å²) in [6.07, 6.45) is 18.3. The highest BCUT2D eigenvalue weighted by Crippen LogP contribution is 2.31. The third-order valence-electron chi connectivity index (χ3n) is 5.59. The summed E-state index contributed by atoms with van der Waals surface area (Å²) in [5, 5.41) is 0. The van der Waals surface area contributed by atoms with Crippen molar-refractivity contribution in [1.82, 2.24) is 0 Å². The molecule has 0 bridgehead atoms. The lowest BCUT2D eigenvalue weighted by Crippen LogP contribution is -2.13. The van der Waals surface area contributed by atoms with Crippen LogP contribution in [0.25, 0.3) is 0 Å². The SMILES string of the molecule is CCCCCc1ccc(C#C/C=C/C#CC2CCC(CCCC)CC2)cc1. The van der Waals surface area contributed by atoms with Crippen molar-refractivity contribution in [2.45, 2.75) is 84.5 Å². The summed E-state index contributed by atoms with van der Waals surface area (Å²) in [4.78, 5) is 0. The Morgan fingerprint density at radius 1 is 0.852 bits per heavy atom. The molecule has 1 saturated carbocycles. The van der Waals surface area contributed by atoms with E-state index in [1.165, 1.54) is 76.2 Å². The Bertz CT molecular complexity index is 661. The summed E-state index contributed by atoms with van der Waals surface area (Å²) in [6, 6.07) is 8.68. The van der Waals surface area contributed by atoms with E-state index in [0.717, 1.165) is 11.5 Å². The molecule has 0 nitrogen and oxygen atoms in total. The summed E-state index contributed by atoms with van der Waals surface area (Å²) in [5.74, 6) is 14.5. The lowest BCUT2D eigenvalue weighted by molar-refractivity contribution is 0.296. The predicted molar refractivity (Wildman–Crippen MR) is 118 cm³/mol. The van der Waals surface area contributed by atoms with Gasteiger partial charge in [0.05, 0.1) is 0 Å². The van der Waals surface area contributed by atoms with Crippen LogP contribution in [0.2, 0.25) is 0 Å². The van der Waals surface area contributed by atoms with Crippen LogP contribution < -0.4 is 0 Å². The molecule has 1 fully saturated rings. The van der Waals surface area contributed by atoms with E-state index in [4.69, 9.17) is 0 Å². The average molecular weight is 361 g/mol. The van der Waals surface area contributed by atoms with E-state index < -0.39 is 0 Å². The maximum absolute atomic E-state index is 3.42. The van der Waals surface area contributed by atoms with Crippen LogP contribution in [0.3, 0.4) is 0 Å². The van der Waals surface area contributed by atoms with E-state index >= 15 is 0 Å². The van der Waals surface area contributed by atoms with Crippen molar-refractivity contribution in [3.8, 4) is 23.7 Å². The van der Waals surface area contributed by atoms with Crippen LogP contribution in [0.1, 0.15) is 89.2 Å². The number of hydrogen-bond donors (Lipinski definition) is 0. The van der Waals surface area contributed by atoms with Crippen LogP contribution in [-0.4, -0.2) is 0 Å². The van der Waals surface area contributed by atoms with Gasteiger partial charge >= 0.3 is 0 Å². The molecule has 0 aromatic heterocycles. The van der Waals surface area contributed by atoms with E-state index in [2.05, 4.69) is 61.8 Å². The topological polar surface area (TPSA) is 0 Å². The second-order valence-corrected chi connectivity index (χ2v) is 7.91. The molecular formula is C27H36. The van der Waals surface area contributed by atoms with E-state index in [0.29, 0.717) is 5.92 Å². The fraction of sp³-hybridized carbons (Fsp3) is 0.556. The standard InChI is InChI=1S/C27H36/c1-3-5-9-13-25-20-22-27(23-21-25)15-11-8-7-10-14-26-18-16-24(17-19-26)12-6-4-2/h7-8,20-24,26H,3-6,9,12-13,16-19H2,1-2H3/b8-7+. The van der Waals surface area contributed by atoms with Gasteiger partial charge in [-0.2, -0.15) is 0 Å². The van der Waals surface area contributed by atoms with Crippen molar-refractivity contribution >= 4 is 0 Å². The van der Waals surface area contributed by atoms with Crippen molar-refractivity contribution in [3.05, 3.63) is 47.5 Å². The molecule has 1 aromatic rings. The van der Waals surface area contributed by atoms with Gasteiger partial charge in [-0.3, -0.25) is 0 Å². The van der Waals surface area contributed by atoms with E-state index in [1.54, 1.807) is 0 Å². The molecule has 144 valence electrons. The zero-order valence-electron chi connectivity index (χ0n) is 17.4. The van der Waals surface area contributed by atoms with Crippen molar-refractivity contribution in [2.75, 3.05) is 0 Å². The third-order valence-corrected chi connectivity index (χ3v) is 5.59. The van der Waals surface area contributed by atoms with Crippen LogP contribution in [0.5, 0.6) is 0 Å². The van der Waals surface area contributed by atoms with Gasteiger partial charge < -0.3 is 0 Å². The van der Waals surface area contributed by atoms with E-state index in [9.17, 15) is 0 Å². The highest BCUT2D eigenvalue weighted by atomic mass is 14.2. The first-order chi connectivity index (χ1) is 13.3. The molecule has 0 heterocycles. The van der Waals surface area contributed by atoms with Crippen molar-refractivity contribution in [1.29, 1.82) is 0 Å². The summed E-state index contributed by atoms with van der Waals surface area (Å²) in [6.45, 7) is 4.53. The molecule has 0 aliphatic heterocycles. The summed E-state index contributed by atoms with van der Waals surface area (Å²) in [7, 11) is 0. The van der Waals surface area contributed by atoms with E-state index in [1.807, 2.05) is 12.2 Å². The smallest absolute Gasteiger partial charge is 0.0249 e. The van der Waals surface area contributed by atoms with Crippen LogP contribution in [0.15, 0.2) is 36.4 Å².